The molecule has 0 radical (unpaired) electrons. The zero-order chi connectivity index (χ0) is 15.6. The lowest BCUT2D eigenvalue weighted by molar-refractivity contribution is -0.125. The Morgan fingerprint density at radius 3 is 2.15 bits per heavy atom. The first-order valence-electron chi connectivity index (χ1n) is 5.77. The highest BCUT2D eigenvalue weighted by Crippen LogP contribution is 2.22. The van der Waals surface area contributed by atoms with Crippen molar-refractivity contribution < 1.29 is 31.5 Å². The number of Topliss-reactive ketones (excluding diaryl/α,β-unsaturated/α-hetero) is 2. The lowest BCUT2D eigenvalue weighted by Gasteiger charge is -2.12. The molecule has 0 saturated carbocycles. The largest absolute Gasteiger partial charge is 0.296 e. The van der Waals surface area contributed by atoms with Gasteiger partial charge in [0, 0.05) is 5.92 Å². The molecule has 2 nitrogen and oxygen atoms in total. The van der Waals surface area contributed by atoms with E-state index in [-0.39, 0.29) is 12.5 Å². The molecule has 0 bridgehead atoms. The summed E-state index contributed by atoms with van der Waals surface area (Å²) < 4.78 is 65.6. The summed E-state index contributed by atoms with van der Waals surface area (Å²) in [5, 5.41) is 0. The van der Waals surface area contributed by atoms with Crippen molar-refractivity contribution >= 4 is 11.6 Å². The van der Waals surface area contributed by atoms with Crippen LogP contribution in [0.15, 0.2) is 6.07 Å². The molecule has 7 heteroatoms. The third-order valence-corrected chi connectivity index (χ3v) is 2.95. The molecular formula is C13H11F5O2. The summed E-state index contributed by atoms with van der Waals surface area (Å²) in [6.07, 6.45) is -2.51. The van der Waals surface area contributed by atoms with E-state index < -0.39 is 52.5 Å². The minimum atomic E-state index is -2.75. The van der Waals surface area contributed by atoms with Gasteiger partial charge in [-0.25, -0.2) is 22.0 Å². The Balaban J connectivity index is 3.19. The topological polar surface area (TPSA) is 34.1 Å². The molecule has 1 aromatic carbocycles. The van der Waals surface area contributed by atoms with E-state index in [0.29, 0.717) is 0 Å². The average molecular weight is 294 g/mol. The Labute approximate surface area is 111 Å². The zero-order valence-electron chi connectivity index (χ0n) is 10.6. The molecule has 2 atom stereocenters. The van der Waals surface area contributed by atoms with E-state index in [1.165, 1.54) is 6.92 Å². The Morgan fingerprint density at radius 2 is 1.65 bits per heavy atom. The van der Waals surface area contributed by atoms with E-state index in [1.807, 2.05) is 0 Å². The minimum absolute atomic E-state index is 0.0343. The van der Waals surface area contributed by atoms with E-state index in [0.717, 1.165) is 0 Å². The third-order valence-electron chi connectivity index (χ3n) is 2.95. The number of ketones is 2. The third kappa shape index (κ3) is 2.86. The lowest BCUT2D eigenvalue weighted by Crippen LogP contribution is -2.31. The summed E-state index contributed by atoms with van der Waals surface area (Å²) in [5.41, 5.74) is -1.33. The Hall–Kier alpha value is -1.79. The summed E-state index contributed by atoms with van der Waals surface area (Å²) in [5.74, 6) is -11.9. The Bertz CT molecular complexity index is 556. The number of alkyl halides is 1. The number of carbonyl (C=O) groups excluding carboxylic acids is 2. The molecule has 1 rings (SSSR count). The van der Waals surface area contributed by atoms with Crippen LogP contribution in [0.4, 0.5) is 22.0 Å². The van der Waals surface area contributed by atoms with Crippen LogP contribution in [0, 0.1) is 29.2 Å². The van der Waals surface area contributed by atoms with E-state index in [4.69, 9.17) is 0 Å². The van der Waals surface area contributed by atoms with Crippen molar-refractivity contribution in [3.05, 3.63) is 34.9 Å². The fraction of sp³-hybridized carbons (Fsp3) is 0.385. The number of benzene rings is 1. The molecule has 20 heavy (non-hydrogen) atoms. The van der Waals surface area contributed by atoms with Gasteiger partial charge in [0.05, 0.1) is 5.56 Å². The van der Waals surface area contributed by atoms with Crippen LogP contribution in [0.1, 0.15) is 30.6 Å². The molecule has 110 valence electrons. The standard InChI is InChI=1S/C13H11F5O2/c1-3-5(2)12(19)11(18)13(20)6-4-7(14)9(16)10(17)8(6)15/h4-5,11H,3H2,1-2H3. The molecular weight excluding hydrogens is 283 g/mol. The van der Waals surface area contributed by atoms with Gasteiger partial charge in [-0.05, 0) is 12.5 Å². The maximum absolute atomic E-state index is 13.7. The summed E-state index contributed by atoms with van der Waals surface area (Å²) in [6, 6.07) is 0.0343. The smallest absolute Gasteiger partial charge is 0.221 e. The van der Waals surface area contributed by atoms with Crippen LogP contribution in [-0.2, 0) is 4.79 Å². The molecule has 2 unspecified atom stereocenters. The van der Waals surface area contributed by atoms with E-state index in [1.54, 1.807) is 6.92 Å². The number of rotatable bonds is 5. The lowest BCUT2D eigenvalue weighted by atomic mass is 9.95. The van der Waals surface area contributed by atoms with Crippen molar-refractivity contribution in [3.63, 3.8) is 0 Å². The first-order chi connectivity index (χ1) is 9.22. The first kappa shape index (κ1) is 16.3. The molecule has 0 aliphatic carbocycles. The van der Waals surface area contributed by atoms with Gasteiger partial charge in [0.1, 0.15) is 0 Å². The highest BCUT2D eigenvalue weighted by molar-refractivity contribution is 6.13. The van der Waals surface area contributed by atoms with Crippen molar-refractivity contribution in [2.24, 2.45) is 5.92 Å². The highest BCUT2D eigenvalue weighted by atomic mass is 19.2. The van der Waals surface area contributed by atoms with Crippen LogP contribution in [0.25, 0.3) is 0 Å². The van der Waals surface area contributed by atoms with Crippen molar-refractivity contribution in [1.29, 1.82) is 0 Å². The van der Waals surface area contributed by atoms with E-state index in [9.17, 15) is 31.5 Å². The molecule has 0 amide bonds. The molecule has 0 heterocycles. The molecule has 0 aliphatic heterocycles. The Kier molecular flexibility index (Phi) is 4.97. The summed E-state index contributed by atoms with van der Waals surface area (Å²) >= 11 is 0. The van der Waals surface area contributed by atoms with Crippen LogP contribution in [0.3, 0.4) is 0 Å². The first-order valence-corrected chi connectivity index (χ1v) is 5.77. The summed E-state index contributed by atoms with van der Waals surface area (Å²) in [6.45, 7) is 2.92. The van der Waals surface area contributed by atoms with Crippen LogP contribution >= 0.6 is 0 Å². The fourth-order valence-corrected chi connectivity index (χ4v) is 1.47. The van der Waals surface area contributed by atoms with Gasteiger partial charge in [0.25, 0.3) is 0 Å². The second-order valence-electron chi connectivity index (χ2n) is 4.29. The van der Waals surface area contributed by atoms with Gasteiger partial charge < -0.3 is 0 Å². The predicted octanol–water partition coefficient (Wildman–Crippen LogP) is 3.38. The van der Waals surface area contributed by atoms with E-state index in [2.05, 4.69) is 0 Å². The van der Waals surface area contributed by atoms with Crippen LogP contribution in [-0.4, -0.2) is 17.7 Å². The number of hydrogen-bond donors (Lipinski definition) is 0. The van der Waals surface area contributed by atoms with Crippen molar-refractivity contribution in [2.45, 2.75) is 26.4 Å². The SMILES string of the molecule is CCC(C)C(=O)C(F)C(=O)c1cc(F)c(F)c(F)c1F. The van der Waals surface area contributed by atoms with Gasteiger partial charge in [-0.15, -0.1) is 0 Å². The van der Waals surface area contributed by atoms with Crippen molar-refractivity contribution in [2.75, 3.05) is 0 Å². The van der Waals surface area contributed by atoms with Crippen LogP contribution in [0.2, 0.25) is 0 Å². The molecule has 0 aromatic heterocycles. The predicted molar refractivity (Wildman–Crippen MR) is 60.0 cm³/mol. The Morgan fingerprint density at radius 1 is 1.10 bits per heavy atom. The van der Waals surface area contributed by atoms with Gasteiger partial charge in [-0.1, -0.05) is 13.8 Å². The summed E-state index contributed by atoms with van der Waals surface area (Å²) in [4.78, 5) is 23.0. The minimum Gasteiger partial charge on any atom is -0.296 e. The molecule has 0 fully saturated rings. The molecule has 0 saturated heterocycles. The zero-order valence-corrected chi connectivity index (χ0v) is 10.6. The van der Waals surface area contributed by atoms with Gasteiger partial charge in [-0.2, -0.15) is 0 Å². The number of carbonyl (C=O) groups is 2. The maximum atomic E-state index is 13.7. The van der Waals surface area contributed by atoms with Gasteiger partial charge in [0.15, 0.2) is 29.1 Å². The number of halogens is 5. The number of hydrogen-bond acceptors (Lipinski definition) is 2. The second kappa shape index (κ2) is 6.11. The maximum Gasteiger partial charge on any atom is 0.221 e. The van der Waals surface area contributed by atoms with Crippen LogP contribution < -0.4 is 0 Å². The molecule has 1 aromatic rings. The van der Waals surface area contributed by atoms with E-state index >= 15 is 0 Å². The van der Waals surface area contributed by atoms with Gasteiger partial charge >= 0.3 is 0 Å². The highest BCUT2D eigenvalue weighted by Gasteiger charge is 2.33. The molecule has 0 N–H and O–H groups in total. The average Bonchev–Trinajstić information content (AvgIpc) is 2.45. The second-order valence-corrected chi connectivity index (χ2v) is 4.29. The van der Waals surface area contributed by atoms with Crippen LogP contribution in [0.5, 0.6) is 0 Å². The fourth-order valence-electron chi connectivity index (χ4n) is 1.47. The molecule has 0 aliphatic rings. The molecule has 0 spiro atoms. The van der Waals surface area contributed by atoms with Crippen molar-refractivity contribution in [1.82, 2.24) is 0 Å². The van der Waals surface area contributed by atoms with Gasteiger partial charge in [-0.3, -0.25) is 9.59 Å². The van der Waals surface area contributed by atoms with Crippen molar-refractivity contribution in [3.8, 4) is 0 Å². The quantitative estimate of drug-likeness (QED) is 0.274. The summed E-state index contributed by atoms with van der Waals surface area (Å²) in [7, 11) is 0. The monoisotopic (exact) mass is 294 g/mol. The normalized spacial score (nSPS) is 13.9. The van der Waals surface area contributed by atoms with Gasteiger partial charge in [0.2, 0.25) is 12.0 Å².